The van der Waals surface area contributed by atoms with Crippen LogP contribution in [0.4, 0.5) is 4.39 Å². The number of hydrogen-bond acceptors (Lipinski definition) is 3. The summed E-state index contributed by atoms with van der Waals surface area (Å²) in [4.78, 5) is 6.32. The first-order valence-corrected chi connectivity index (χ1v) is 6.23. The summed E-state index contributed by atoms with van der Waals surface area (Å²) in [6.07, 6.45) is 1.71. The molecular formula is C11H15BrFN3. The van der Waals surface area contributed by atoms with Crippen molar-refractivity contribution in [2.45, 2.75) is 6.04 Å². The third kappa shape index (κ3) is 2.59. The third-order valence-corrected chi connectivity index (χ3v) is 3.55. The zero-order chi connectivity index (χ0) is 11.4. The molecule has 0 spiro atoms. The highest BCUT2D eigenvalue weighted by Crippen LogP contribution is 2.26. The Morgan fingerprint density at radius 2 is 2.25 bits per heavy atom. The Morgan fingerprint density at radius 1 is 1.50 bits per heavy atom. The fourth-order valence-electron chi connectivity index (χ4n) is 2.02. The lowest BCUT2D eigenvalue weighted by atomic mass is 10.1. The van der Waals surface area contributed by atoms with Crippen LogP contribution in [0.2, 0.25) is 0 Å². The quantitative estimate of drug-likeness (QED) is 0.859. The molecular weight excluding hydrogens is 273 g/mol. The largest absolute Gasteiger partial charge is 0.314 e. The Kier molecular flexibility index (Phi) is 4.26. The maximum atomic E-state index is 13.2. The molecule has 0 aliphatic carbocycles. The Bertz CT molecular complexity index is 342. The van der Waals surface area contributed by atoms with Gasteiger partial charge in [0.15, 0.2) is 0 Å². The molecule has 88 valence electrons. The van der Waals surface area contributed by atoms with E-state index in [-0.39, 0.29) is 12.7 Å². The molecule has 1 saturated heterocycles. The van der Waals surface area contributed by atoms with Gasteiger partial charge < -0.3 is 5.32 Å². The van der Waals surface area contributed by atoms with Crippen molar-refractivity contribution in [2.75, 3.05) is 32.9 Å². The summed E-state index contributed by atoms with van der Waals surface area (Å²) in [7, 11) is 0. The maximum absolute atomic E-state index is 13.2. The van der Waals surface area contributed by atoms with Crippen LogP contribution in [0.15, 0.2) is 22.9 Å². The summed E-state index contributed by atoms with van der Waals surface area (Å²) in [6.45, 7) is 3.25. The topological polar surface area (TPSA) is 28.2 Å². The van der Waals surface area contributed by atoms with Gasteiger partial charge in [0.05, 0.1) is 6.04 Å². The number of nitrogens with one attached hydrogen (secondary N) is 1. The number of rotatable bonds is 3. The van der Waals surface area contributed by atoms with E-state index < -0.39 is 0 Å². The summed E-state index contributed by atoms with van der Waals surface area (Å²) < 4.78 is 13.9. The lowest BCUT2D eigenvalue weighted by molar-refractivity contribution is 0.147. The van der Waals surface area contributed by atoms with Crippen molar-refractivity contribution in [1.29, 1.82) is 0 Å². The fraction of sp³-hybridized carbons (Fsp3) is 0.545. The molecule has 1 aliphatic rings. The van der Waals surface area contributed by atoms with Crippen molar-refractivity contribution in [1.82, 2.24) is 15.2 Å². The number of halogens is 2. The first-order valence-electron chi connectivity index (χ1n) is 5.44. The molecule has 5 heteroatoms. The molecule has 16 heavy (non-hydrogen) atoms. The number of alkyl halides is 1. The highest BCUT2D eigenvalue weighted by atomic mass is 79.9. The Hall–Kier alpha value is -0.520. The monoisotopic (exact) mass is 287 g/mol. The minimum atomic E-state index is -0.371. The van der Waals surface area contributed by atoms with E-state index in [4.69, 9.17) is 0 Å². The van der Waals surface area contributed by atoms with Crippen LogP contribution in [0.1, 0.15) is 11.6 Å². The lowest BCUT2D eigenvalue weighted by Gasteiger charge is -2.33. The fourth-order valence-corrected chi connectivity index (χ4v) is 2.53. The minimum Gasteiger partial charge on any atom is -0.314 e. The van der Waals surface area contributed by atoms with Gasteiger partial charge >= 0.3 is 0 Å². The standard InChI is InChI=1S/C11H15BrFN3/c12-11-9(2-1-3-15-11)10(8-13)16-6-4-14-5-7-16/h1-3,10,14H,4-8H2/t10-/m0/s1. The van der Waals surface area contributed by atoms with E-state index >= 15 is 0 Å². The molecule has 2 rings (SSSR count). The molecule has 1 aromatic rings. The van der Waals surface area contributed by atoms with Crippen LogP contribution in [0, 0.1) is 0 Å². The summed E-state index contributed by atoms with van der Waals surface area (Å²) in [5, 5.41) is 3.27. The van der Waals surface area contributed by atoms with Crippen LogP contribution in [0.5, 0.6) is 0 Å². The lowest BCUT2D eigenvalue weighted by Crippen LogP contribution is -2.45. The highest BCUT2D eigenvalue weighted by molar-refractivity contribution is 9.10. The molecule has 0 bridgehead atoms. The summed E-state index contributed by atoms with van der Waals surface area (Å²) in [5.74, 6) is 0. The summed E-state index contributed by atoms with van der Waals surface area (Å²) in [5.41, 5.74) is 0.937. The zero-order valence-corrected chi connectivity index (χ0v) is 10.6. The van der Waals surface area contributed by atoms with Gasteiger partial charge in [0.2, 0.25) is 0 Å². The number of aromatic nitrogens is 1. The Labute approximate surface area is 103 Å². The molecule has 2 heterocycles. The Balaban J connectivity index is 2.18. The van der Waals surface area contributed by atoms with E-state index in [1.54, 1.807) is 6.20 Å². The first kappa shape index (κ1) is 12.0. The SMILES string of the molecule is FC[C@@H](c1cccnc1Br)N1CCNCC1. The second-order valence-electron chi connectivity index (χ2n) is 3.84. The minimum absolute atomic E-state index is 0.176. The van der Waals surface area contributed by atoms with Gasteiger partial charge in [-0.15, -0.1) is 0 Å². The van der Waals surface area contributed by atoms with Crippen molar-refractivity contribution >= 4 is 15.9 Å². The van der Waals surface area contributed by atoms with Gasteiger partial charge in [-0.3, -0.25) is 4.90 Å². The van der Waals surface area contributed by atoms with Gasteiger partial charge in [0.25, 0.3) is 0 Å². The van der Waals surface area contributed by atoms with E-state index in [1.165, 1.54) is 0 Å². The zero-order valence-electron chi connectivity index (χ0n) is 9.00. The van der Waals surface area contributed by atoms with E-state index in [9.17, 15) is 4.39 Å². The molecule has 1 fully saturated rings. The highest BCUT2D eigenvalue weighted by Gasteiger charge is 2.23. The van der Waals surface area contributed by atoms with Crippen LogP contribution < -0.4 is 5.32 Å². The average Bonchev–Trinajstić information content (AvgIpc) is 2.34. The van der Waals surface area contributed by atoms with Crippen molar-refractivity contribution in [3.05, 3.63) is 28.5 Å². The first-order chi connectivity index (χ1) is 7.83. The summed E-state index contributed by atoms with van der Waals surface area (Å²) >= 11 is 3.38. The molecule has 0 unspecified atom stereocenters. The number of piperazine rings is 1. The second-order valence-corrected chi connectivity index (χ2v) is 4.59. The average molecular weight is 288 g/mol. The van der Waals surface area contributed by atoms with Gasteiger partial charge in [-0.05, 0) is 22.0 Å². The maximum Gasteiger partial charge on any atom is 0.110 e. The van der Waals surface area contributed by atoms with Crippen LogP contribution in [0.3, 0.4) is 0 Å². The third-order valence-electron chi connectivity index (χ3n) is 2.89. The van der Waals surface area contributed by atoms with E-state index in [0.29, 0.717) is 0 Å². The molecule has 0 saturated carbocycles. The van der Waals surface area contributed by atoms with Gasteiger partial charge in [-0.1, -0.05) is 6.07 Å². The van der Waals surface area contributed by atoms with Crippen molar-refractivity contribution in [3.63, 3.8) is 0 Å². The van der Waals surface area contributed by atoms with Gasteiger partial charge in [0, 0.05) is 37.9 Å². The normalized spacial score (nSPS) is 19.6. The molecule has 1 N–H and O–H groups in total. The van der Waals surface area contributed by atoms with Gasteiger partial charge in [-0.2, -0.15) is 0 Å². The molecule has 1 atom stereocenters. The van der Waals surface area contributed by atoms with Crippen molar-refractivity contribution in [3.8, 4) is 0 Å². The smallest absolute Gasteiger partial charge is 0.110 e. The van der Waals surface area contributed by atoms with Crippen LogP contribution in [-0.4, -0.2) is 42.7 Å². The predicted molar refractivity (Wildman–Crippen MR) is 65.1 cm³/mol. The molecule has 3 nitrogen and oxygen atoms in total. The number of pyridine rings is 1. The number of nitrogens with zero attached hydrogens (tertiary/aromatic N) is 2. The molecule has 0 radical (unpaired) electrons. The van der Waals surface area contributed by atoms with Crippen LogP contribution >= 0.6 is 15.9 Å². The molecule has 1 aromatic heterocycles. The van der Waals surface area contributed by atoms with Crippen molar-refractivity contribution in [2.24, 2.45) is 0 Å². The van der Waals surface area contributed by atoms with Crippen LogP contribution in [-0.2, 0) is 0 Å². The number of hydrogen-bond donors (Lipinski definition) is 1. The molecule has 0 aromatic carbocycles. The Morgan fingerprint density at radius 3 is 2.88 bits per heavy atom. The summed E-state index contributed by atoms with van der Waals surface area (Å²) in [6, 6.07) is 3.61. The van der Waals surface area contributed by atoms with Crippen LogP contribution in [0.25, 0.3) is 0 Å². The van der Waals surface area contributed by atoms with E-state index in [1.807, 2.05) is 12.1 Å². The van der Waals surface area contributed by atoms with Crippen molar-refractivity contribution < 1.29 is 4.39 Å². The molecule has 1 aliphatic heterocycles. The second kappa shape index (κ2) is 5.70. The molecule has 0 amide bonds. The van der Waals surface area contributed by atoms with E-state index in [0.717, 1.165) is 36.3 Å². The van der Waals surface area contributed by atoms with Gasteiger partial charge in [-0.25, -0.2) is 9.37 Å². The van der Waals surface area contributed by atoms with E-state index in [2.05, 4.69) is 31.1 Å². The van der Waals surface area contributed by atoms with Gasteiger partial charge in [0.1, 0.15) is 11.3 Å². The predicted octanol–water partition coefficient (Wildman–Crippen LogP) is 1.76.